The maximum Gasteiger partial charge on any atom is 0.320 e. The third kappa shape index (κ3) is 4.05. The zero-order valence-electron chi connectivity index (χ0n) is 16.4. The molecule has 0 bridgehead atoms. The Morgan fingerprint density at radius 2 is 1.75 bits per heavy atom. The first-order chi connectivity index (χ1) is 13.6. The Kier molecular flexibility index (Phi) is 5.64. The lowest BCUT2D eigenvalue weighted by atomic mass is 10.1. The number of rotatable bonds is 3. The fourth-order valence-electron chi connectivity index (χ4n) is 3.93. The van der Waals surface area contributed by atoms with Crippen LogP contribution >= 0.6 is 0 Å². The zero-order chi connectivity index (χ0) is 19.5. The number of ether oxygens (including phenoxy) is 1. The molecule has 2 aliphatic heterocycles. The number of pyridine rings is 1. The number of urea groups is 1. The number of H-pyrrole nitrogens is 1. The van der Waals surface area contributed by atoms with E-state index in [9.17, 15) is 9.59 Å². The second-order valence-corrected chi connectivity index (χ2v) is 7.54. The van der Waals surface area contributed by atoms with Gasteiger partial charge in [-0.05, 0) is 35.6 Å². The molecule has 2 aliphatic rings. The molecule has 2 fully saturated rings. The first-order valence-electron chi connectivity index (χ1n) is 10.1. The Morgan fingerprint density at radius 3 is 2.46 bits per heavy atom. The fraction of sp³-hybridized carbons (Fsp3) is 0.524. The molecule has 2 aromatic rings. The van der Waals surface area contributed by atoms with Gasteiger partial charge in [-0.15, -0.1) is 0 Å². The third-order valence-electron chi connectivity index (χ3n) is 5.71. The first kappa shape index (κ1) is 19.0. The minimum Gasteiger partial charge on any atom is -0.378 e. The summed E-state index contributed by atoms with van der Waals surface area (Å²) in [6.07, 6.45) is 0.976. The minimum absolute atomic E-state index is 0.0245. The van der Waals surface area contributed by atoms with Gasteiger partial charge in [0.05, 0.1) is 13.2 Å². The van der Waals surface area contributed by atoms with Crippen LogP contribution in [-0.4, -0.2) is 78.2 Å². The number of hydrogen-bond donors (Lipinski definition) is 1. The van der Waals surface area contributed by atoms with E-state index in [0.29, 0.717) is 45.9 Å². The lowest BCUT2D eigenvalue weighted by Crippen LogP contribution is -2.54. The molecule has 28 heavy (non-hydrogen) atoms. The number of aromatic amines is 1. The molecule has 0 unspecified atom stereocenters. The summed E-state index contributed by atoms with van der Waals surface area (Å²) < 4.78 is 5.32. The SMILES string of the molecule is CCc1ccc2[nH]c(=O)c(CN3CCN(C(=O)N4CCOCC4)CC3)cc2c1. The summed E-state index contributed by atoms with van der Waals surface area (Å²) in [4.78, 5) is 34.1. The standard InChI is InChI=1S/C21H28N4O3/c1-2-16-3-4-19-17(13-16)14-18(20(26)22-19)15-23-5-7-24(8-6-23)21(27)25-9-11-28-12-10-25/h3-4,13-14H,2,5-12,15H2,1H3,(H,22,26). The first-order valence-corrected chi connectivity index (χ1v) is 10.1. The minimum atomic E-state index is -0.0245. The van der Waals surface area contributed by atoms with E-state index in [2.05, 4.69) is 28.9 Å². The number of nitrogens with one attached hydrogen (secondary N) is 1. The summed E-state index contributed by atoms with van der Waals surface area (Å²) >= 11 is 0. The number of fused-ring (bicyclic) bond motifs is 1. The molecule has 7 heteroatoms. The Bertz CT molecular complexity index is 896. The topological polar surface area (TPSA) is 68.9 Å². The second-order valence-electron chi connectivity index (χ2n) is 7.54. The molecule has 2 saturated heterocycles. The van der Waals surface area contributed by atoms with E-state index in [1.807, 2.05) is 21.9 Å². The molecule has 4 rings (SSSR count). The predicted octanol–water partition coefficient (Wildman–Crippen LogP) is 1.66. The number of morpholine rings is 1. The van der Waals surface area contributed by atoms with Gasteiger partial charge in [-0.2, -0.15) is 0 Å². The van der Waals surface area contributed by atoms with Gasteiger partial charge in [-0.3, -0.25) is 9.69 Å². The van der Waals surface area contributed by atoms with Crippen molar-refractivity contribution in [2.75, 3.05) is 52.5 Å². The molecule has 0 saturated carbocycles. The van der Waals surface area contributed by atoms with Crippen LogP contribution in [0.4, 0.5) is 4.79 Å². The van der Waals surface area contributed by atoms with Crippen molar-refractivity contribution >= 4 is 16.9 Å². The van der Waals surface area contributed by atoms with Crippen molar-refractivity contribution in [3.05, 3.63) is 45.7 Å². The van der Waals surface area contributed by atoms with Crippen LogP contribution in [0.1, 0.15) is 18.1 Å². The summed E-state index contributed by atoms with van der Waals surface area (Å²) in [7, 11) is 0. The number of piperazine rings is 1. The van der Waals surface area contributed by atoms with Crippen LogP contribution in [-0.2, 0) is 17.7 Å². The molecule has 0 atom stereocenters. The summed E-state index contributed by atoms with van der Waals surface area (Å²) in [5, 5.41) is 1.08. The lowest BCUT2D eigenvalue weighted by Gasteiger charge is -2.38. The van der Waals surface area contributed by atoms with E-state index >= 15 is 0 Å². The number of benzene rings is 1. The Morgan fingerprint density at radius 1 is 1.04 bits per heavy atom. The van der Waals surface area contributed by atoms with Crippen LogP contribution in [0.3, 0.4) is 0 Å². The fourth-order valence-corrected chi connectivity index (χ4v) is 3.93. The highest BCUT2D eigenvalue weighted by atomic mass is 16.5. The van der Waals surface area contributed by atoms with E-state index in [0.717, 1.165) is 36.0 Å². The molecule has 3 heterocycles. The average molecular weight is 384 g/mol. The summed E-state index contributed by atoms with van der Waals surface area (Å²) in [6, 6.07) is 8.31. The van der Waals surface area contributed by atoms with Crippen LogP contribution in [0.5, 0.6) is 0 Å². The Hall–Kier alpha value is -2.38. The number of aryl methyl sites for hydroxylation is 1. The second kappa shape index (κ2) is 8.32. The number of hydrogen-bond acceptors (Lipinski definition) is 4. The number of carbonyl (C=O) groups is 1. The van der Waals surface area contributed by atoms with Crippen LogP contribution in [0.15, 0.2) is 29.1 Å². The molecular weight excluding hydrogens is 356 g/mol. The van der Waals surface area contributed by atoms with Gasteiger partial charge in [0, 0.05) is 56.9 Å². The van der Waals surface area contributed by atoms with E-state index in [1.165, 1.54) is 5.56 Å². The maximum absolute atomic E-state index is 12.6. The van der Waals surface area contributed by atoms with Gasteiger partial charge in [-0.1, -0.05) is 13.0 Å². The van der Waals surface area contributed by atoms with Crippen LogP contribution in [0, 0.1) is 0 Å². The molecule has 0 aliphatic carbocycles. The monoisotopic (exact) mass is 384 g/mol. The van der Waals surface area contributed by atoms with Crippen LogP contribution in [0.25, 0.3) is 10.9 Å². The van der Waals surface area contributed by atoms with Crippen molar-refractivity contribution in [3.8, 4) is 0 Å². The normalized spacial score (nSPS) is 18.6. The van der Waals surface area contributed by atoms with Crippen LogP contribution in [0.2, 0.25) is 0 Å². The van der Waals surface area contributed by atoms with E-state index in [4.69, 9.17) is 4.74 Å². The van der Waals surface area contributed by atoms with Gasteiger partial charge < -0.3 is 19.5 Å². The number of amides is 2. The van der Waals surface area contributed by atoms with Crippen molar-refractivity contribution in [1.29, 1.82) is 0 Å². The molecule has 1 aromatic heterocycles. The van der Waals surface area contributed by atoms with Crippen molar-refractivity contribution < 1.29 is 9.53 Å². The highest BCUT2D eigenvalue weighted by Crippen LogP contribution is 2.16. The molecule has 0 spiro atoms. The van der Waals surface area contributed by atoms with Gasteiger partial charge in [0.2, 0.25) is 0 Å². The molecule has 7 nitrogen and oxygen atoms in total. The largest absolute Gasteiger partial charge is 0.378 e. The molecule has 1 N–H and O–H groups in total. The van der Waals surface area contributed by atoms with Crippen molar-refractivity contribution in [2.45, 2.75) is 19.9 Å². The smallest absolute Gasteiger partial charge is 0.320 e. The van der Waals surface area contributed by atoms with Crippen LogP contribution < -0.4 is 5.56 Å². The van der Waals surface area contributed by atoms with Crippen molar-refractivity contribution in [3.63, 3.8) is 0 Å². The zero-order valence-corrected chi connectivity index (χ0v) is 16.4. The molecule has 0 radical (unpaired) electrons. The Labute approximate surface area is 164 Å². The summed E-state index contributed by atoms with van der Waals surface area (Å²) in [5.74, 6) is 0. The van der Waals surface area contributed by atoms with Gasteiger partial charge in [-0.25, -0.2) is 4.79 Å². The quantitative estimate of drug-likeness (QED) is 0.874. The van der Waals surface area contributed by atoms with E-state index < -0.39 is 0 Å². The Balaban J connectivity index is 1.39. The third-order valence-corrected chi connectivity index (χ3v) is 5.71. The van der Waals surface area contributed by atoms with Gasteiger partial charge in [0.25, 0.3) is 5.56 Å². The summed E-state index contributed by atoms with van der Waals surface area (Å²) in [6.45, 7) is 8.28. The highest BCUT2D eigenvalue weighted by molar-refractivity contribution is 5.79. The summed E-state index contributed by atoms with van der Waals surface area (Å²) in [5.41, 5.74) is 2.91. The number of aromatic nitrogens is 1. The van der Waals surface area contributed by atoms with E-state index in [1.54, 1.807) is 0 Å². The number of carbonyl (C=O) groups excluding carboxylic acids is 1. The predicted molar refractivity (Wildman–Crippen MR) is 109 cm³/mol. The highest BCUT2D eigenvalue weighted by Gasteiger charge is 2.26. The molecule has 150 valence electrons. The maximum atomic E-state index is 12.6. The van der Waals surface area contributed by atoms with E-state index in [-0.39, 0.29) is 11.6 Å². The molecule has 1 aromatic carbocycles. The lowest BCUT2D eigenvalue weighted by molar-refractivity contribution is 0.0373. The van der Waals surface area contributed by atoms with Gasteiger partial charge in [0.1, 0.15) is 0 Å². The van der Waals surface area contributed by atoms with Gasteiger partial charge >= 0.3 is 6.03 Å². The average Bonchev–Trinajstić information content (AvgIpc) is 2.74. The van der Waals surface area contributed by atoms with Gasteiger partial charge in [0.15, 0.2) is 0 Å². The van der Waals surface area contributed by atoms with Crippen molar-refractivity contribution in [2.24, 2.45) is 0 Å². The molecule has 2 amide bonds. The molecular formula is C21H28N4O3. The number of nitrogens with zero attached hydrogens (tertiary/aromatic N) is 3. The van der Waals surface area contributed by atoms with Crippen molar-refractivity contribution in [1.82, 2.24) is 19.7 Å².